The van der Waals surface area contributed by atoms with Gasteiger partial charge in [0, 0.05) is 19.1 Å². The van der Waals surface area contributed by atoms with Gasteiger partial charge in [0.1, 0.15) is 5.82 Å². The van der Waals surface area contributed by atoms with Crippen LogP contribution in [-0.4, -0.2) is 33.7 Å². The Bertz CT molecular complexity index is 1290. The highest BCUT2D eigenvalue weighted by Gasteiger charge is 2.29. The standard InChI is InChI=1S/C24H25FN2O4S2/c25-21-8-6-20(7-9-21)18-27(17-16-19-4-2-1-3-5-19)33(30,31)24-14-12-23(13-15-24)32(28,29)26-22-10-11-22/h1-9,12-15,22,26H,10-11,16-18H2. The van der Waals surface area contributed by atoms with Gasteiger partial charge in [-0.25, -0.2) is 25.9 Å². The fourth-order valence-electron chi connectivity index (χ4n) is 3.40. The first kappa shape index (κ1) is 23.6. The third kappa shape index (κ3) is 6.05. The van der Waals surface area contributed by atoms with Crippen LogP contribution in [0, 0.1) is 5.82 Å². The lowest BCUT2D eigenvalue weighted by Gasteiger charge is -2.23. The minimum Gasteiger partial charge on any atom is -0.208 e. The van der Waals surface area contributed by atoms with Crippen molar-refractivity contribution in [2.24, 2.45) is 0 Å². The number of hydrogen-bond acceptors (Lipinski definition) is 4. The van der Waals surface area contributed by atoms with Gasteiger partial charge < -0.3 is 0 Å². The number of hydrogen-bond donors (Lipinski definition) is 1. The molecule has 1 saturated carbocycles. The lowest BCUT2D eigenvalue weighted by atomic mass is 10.1. The minimum absolute atomic E-state index is 0.00282. The second-order valence-corrected chi connectivity index (χ2v) is 11.7. The van der Waals surface area contributed by atoms with E-state index in [0.717, 1.165) is 18.4 Å². The van der Waals surface area contributed by atoms with Crippen LogP contribution < -0.4 is 4.72 Å². The van der Waals surface area contributed by atoms with E-state index in [-0.39, 0.29) is 28.9 Å². The Labute approximate surface area is 194 Å². The third-order valence-corrected chi connectivity index (χ3v) is 8.83. The van der Waals surface area contributed by atoms with Crippen molar-refractivity contribution in [3.05, 3.63) is 95.8 Å². The van der Waals surface area contributed by atoms with Crippen LogP contribution in [0.4, 0.5) is 4.39 Å². The van der Waals surface area contributed by atoms with Gasteiger partial charge in [-0.2, -0.15) is 4.31 Å². The molecule has 0 aliphatic heterocycles. The van der Waals surface area contributed by atoms with Gasteiger partial charge in [-0.3, -0.25) is 0 Å². The molecule has 0 radical (unpaired) electrons. The summed E-state index contributed by atoms with van der Waals surface area (Å²) in [6.45, 7) is 0.283. The first-order chi connectivity index (χ1) is 15.7. The van der Waals surface area contributed by atoms with Crippen molar-refractivity contribution in [1.82, 2.24) is 9.03 Å². The number of nitrogens with one attached hydrogen (secondary N) is 1. The predicted molar refractivity (Wildman–Crippen MR) is 124 cm³/mol. The molecule has 0 bridgehead atoms. The molecule has 0 spiro atoms. The van der Waals surface area contributed by atoms with E-state index < -0.39 is 25.9 Å². The highest BCUT2D eigenvalue weighted by atomic mass is 32.2. The van der Waals surface area contributed by atoms with Gasteiger partial charge >= 0.3 is 0 Å². The fraction of sp³-hybridized carbons (Fsp3) is 0.250. The number of sulfonamides is 2. The minimum atomic E-state index is -3.93. The molecule has 1 aliphatic carbocycles. The zero-order chi connectivity index (χ0) is 23.5. The van der Waals surface area contributed by atoms with Gasteiger partial charge in [-0.15, -0.1) is 0 Å². The Kier molecular flexibility index (Phi) is 6.94. The Morgan fingerprint density at radius 2 is 1.39 bits per heavy atom. The second kappa shape index (κ2) is 9.72. The molecule has 0 unspecified atom stereocenters. The zero-order valence-corrected chi connectivity index (χ0v) is 19.5. The van der Waals surface area contributed by atoms with E-state index in [4.69, 9.17) is 0 Å². The smallest absolute Gasteiger partial charge is 0.208 e. The van der Waals surface area contributed by atoms with Crippen molar-refractivity contribution in [2.45, 2.75) is 41.6 Å². The summed E-state index contributed by atoms with van der Waals surface area (Å²) >= 11 is 0. The number of benzene rings is 3. The van der Waals surface area contributed by atoms with Crippen molar-refractivity contribution < 1.29 is 21.2 Å². The van der Waals surface area contributed by atoms with E-state index in [0.29, 0.717) is 12.0 Å². The maximum atomic E-state index is 13.5. The van der Waals surface area contributed by atoms with Crippen LogP contribution in [0.15, 0.2) is 88.7 Å². The van der Waals surface area contributed by atoms with Gasteiger partial charge in [0.2, 0.25) is 20.0 Å². The maximum Gasteiger partial charge on any atom is 0.243 e. The highest BCUT2D eigenvalue weighted by molar-refractivity contribution is 7.89. The first-order valence-corrected chi connectivity index (χ1v) is 13.6. The van der Waals surface area contributed by atoms with Crippen LogP contribution in [0.5, 0.6) is 0 Å². The quantitative estimate of drug-likeness (QED) is 0.472. The van der Waals surface area contributed by atoms with Crippen LogP contribution in [-0.2, 0) is 33.0 Å². The van der Waals surface area contributed by atoms with Crippen molar-refractivity contribution in [2.75, 3.05) is 6.54 Å². The Balaban J connectivity index is 1.58. The molecule has 0 heterocycles. The van der Waals surface area contributed by atoms with E-state index >= 15 is 0 Å². The molecule has 0 saturated heterocycles. The normalized spacial score (nSPS) is 14.5. The molecular formula is C24H25FN2O4S2. The molecule has 1 N–H and O–H groups in total. The molecular weight excluding hydrogens is 463 g/mol. The molecule has 33 heavy (non-hydrogen) atoms. The monoisotopic (exact) mass is 488 g/mol. The lowest BCUT2D eigenvalue weighted by Crippen LogP contribution is -2.32. The SMILES string of the molecule is O=S(=O)(NC1CC1)c1ccc(S(=O)(=O)N(CCc2ccccc2)Cc2ccc(F)cc2)cc1. The molecule has 3 aromatic rings. The molecule has 4 rings (SSSR count). The number of rotatable bonds is 10. The third-order valence-electron chi connectivity index (χ3n) is 5.44. The van der Waals surface area contributed by atoms with E-state index in [2.05, 4.69) is 4.72 Å². The van der Waals surface area contributed by atoms with Gasteiger partial charge in [-0.05, 0) is 66.8 Å². The van der Waals surface area contributed by atoms with Gasteiger partial charge in [0.25, 0.3) is 0 Å². The summed E-state index contributed by atoms with van der Waals surface area (Å²) in [4.78, 5) is 0.0331. The molecule has 3 aromatic carbocycles. The van der Waals surface area contributed by atoms with Crippen LogP contribution >= 0.6 is 0 Å². The molecule has 1 aliphatic rings. The highest BCUT2D eigenvalue weighted by Crippen LogP contribution is 2.24. The fourth-order valence-corrected chi connectivity index (χ4v) is 6.14. The second-order valence-electron chi connectivity index (χ2n) is 8.07. The summed E-state index contributed by atoms with van der Waals surface area (Å²) in [5.41, 5.74) is 1.64. The lowest BCUT2D eigenvalue weighted by molar-refractivity contribution is 0.409. The van der Waals surface area contributed by atoms with Gasteiger partial charge in [0.05, 0.1) is 9.79 Å². The van der Waals surface area contributed by atoms with E-state index in [9.17, 15) is 21.2 Å². The largest absolute Gasteiger partial charge is 0.243 e. The summed E-state index contributed by atoms with van der Waals surface area (Å²) in [6.07, 6.45) is 2.12. The van der Waals surface area contributed by atoms with Gasteiger partial charge in [-0.1, -0.05) is 42.5 Å². The van der Waals surface area contributed by atoms with Crippen LogP contribution in [0.3, 0.4) is 0 Å². The van der Waals surface area contributed by atoms with E-state index in [1.165, 1.54) is 40.7 Å². The van der Waals surface area contributed by atoms with E-state index in [1.54, 1.807) is 12.1 Å². The molecule has 174 valence electrons. The molecule has 1 fully saturated rings. The van der Waals surface area contributed by atoms with Crippen molar-refractivity contribution in [3.63, 3.8) is 0 Å². The maximum absolute atomic E-state index is 13.5. The van der Waals surface area contributed by atoms with Crippen molar-refractivity contribution in [1.29, 1.82) is 0 Å². The van der Waals surface area contributed by atoms with Crippen molar-refractivity contribution >= 4 is 20.0 Å². The first-order valence-electron chi connectivity index (χ1n) is 10.6. The average molecular weight is 489 g/mol. The number of nitrogens with zero attached hydrogens (tertiary/aromatic N) is 1. The Morgan fingerprint density at radius 1 is 0.788 bits per heavy atom. The van der Waals surface area contributed by atoms with Crippen molar-refractivity contribution in [3.8, 4) is 0 Å². The molecule has 0 amide bonds. The molecule has 6 nitrogen and oxygen atoms in total. The van der Waals surface area contributed by atoms with Gasteiger partial charge in [0.15, 0.2) is 0 Å². The average Bonchev–Trinajstić information content (AvgIpc) is 3.62. The summed E-state index contributed by atoms with van der Waals surface area (Å²) in [5, 5.41) is 0. The summed E-state index contributed by atoms with van der Waals surface area (Å²) in [5.74, 6) is -0.394. The molecule has 0 aromatic heterocycles. The van der Waals surface area contributed by atoms with Crippen LogP contribution in [0.25, 0.3) is 0 Å². The molecule has 9 heteroatoms. The van der Waals surface area contributed by atoms with Crippen LogP contribution in [0.1, 0.15) is 24.0 Å². The van der Waals surface area contributed by atoms with E-state index in [1.807, 2.05) is 30.3 Å². The number of halogens is 1. The molecule has 0 atom stereocenters. The summed E-state index contributed by atoms with van der Waals surface area (Å²) in [7, 11) is -7.60. The topological polar surface area (TPSA) is 83.5 Å². The van der Waals surface area contributed by atoms with Crippen LogP contribution in [0.2, 0.25) is 0 Å². The Morgan fingerprint density at radius 3 is 2.00 bits per heavy atom. The predicted octanol–water partition coefficient (Wildman–Crippen LogP) is 3.70. The summed E-state index contributed by atoms with van der Waals surface area (Å²) < 4.78 is 69.0. The summed E-state index contributed by atoms with van der Waals surface area (Å²) in [6, 6.07) is 20.4. The Hall–Kier alpha value is -2.59. The zero-order valence-electron chi connectivity index (χ0n) is 17.9.